The Morgan fingerprint density at radius 3 is 0.921 bits per heavy atom. The highest BCUT2D eigenvalue weighted by atomic mass is 15.4. The maximum atomic E-state index is 2.70. The predicted molar refractivity (Wildman–Crippen MR) is 173 cm³/mol. The molecule has 0 unspecified atom stereocenters. The van der Waals surface area contributed by atoms with Crippen LogP contribution in [0, 0.1) is 0 Å². The molecule has 0 fully saturated rings. The van der Waals surface area contributed by atoms with Crippen LogP contribution in [0.4, 0.5) is 0 Å². The first-order valence-corrected chi connectivity index (χ1v) is 18.0. The molecule has 1 heterocycles. The lowest BCUT2D eigenvalue weighted by molar-refractivity contribution is 0.135. The van der Waals surface area contributed by atoms with E-state index in [1.165, 1.54) is 193 Å². The first-order valence-electron chi connectivity index (χ1n) is 18.0. The van der Waals surface area contributed by atoms with E-state index in [0.29, 0.717) is 6.17 Å². The van der Waals surface area contributed by atoms with Crippen molar-refractivity contribution in [2.75, 3.05) is 13.1 Å². The van der Waals surface area contributed by atoms with E-state index in [9.17, 15) is 0 Å². The summed E-state index contributed by atoms with van der Waals surface area (Å²) >= 11 is 0. The van der Waals surface area contributed by atoms with Crippen LogP contribution in [0.3, 0.4) is 0 Å². The minimum absolute atomic E-state index is 0.642. The van der Waals surface area contributed by atoms with Gasteiger partial charge in [-0.1, -0.05) is 175 Å². The Hall–Kier alpha value is -0.660. The van der Waals surface area contributed by atoms with E-state index >= 15 is 0 Å². The molecule has 2 heteroatoms. The second-order valence-electron chi connectivity index (χ2n) is 12.5. The topological polar surface area (TPSA) is 6.48 Å². The molecule has 0 aromatic heterocycles. The van der Waals surface area contributed by atoms with Gasteiger partial charge in [-0.2, -0.15) is 0 Å². The molecule has 0 saturated heterocycles. The first kappa shape index (κ1) is 35.4. The summed E-state index contributed by atoms with van der Waals surface area (Å²) in [5.41, 5.74) is 0. The summed E-state index contributed by atoms with van der Waals surface area (Å²) in [5, 5.41) is 0. The van der Waals surface area contributed by atoms with Gasteiger partial charge in [0.25, 0.3) is 0 Å². The molecule has 1 rings (SSSR count). The van der Waals surface area contributed by atoms with E-state index in [4.69, 9.17) is 0 Å². The highest BCUT2D eigenvalue weighted by molar-refractivity contribution is 4.97. The van der Waals surface area contributed by atoms with Crippen LogP contribution in [0.1, 0.15) is 201 Å². The molecular weight excluding hydrogens is 460 g/mol. The Balaban J connectivity index is 2.15. The average Bonchev–Trinajstić information content (AvgIpc) is 3.31. The average molecular weight is 533 g/mol. The van der Waals surface area contributed by atoms with Crippen LogP contribution < -0.4 is 0 Å². The largest absolute Gasteiger partial charge is 0.356 e. The van der Waals surface area contributed by atoms with Crippen LogP contribution in [-0.2, 0) is 0 Å². The normalized spacial score (nSPS) is 13.9. The lowest BCUT2D eigenvalue weighted by atomic mass is 10.0. The molecule has 0 atom stereocenters. The minimum Gasteiger partial charge on any atom is -0.356 e. The monoisotopic (exact) mass is 533 g/mol. The molecule has 0 aromatic rings. The Morgan fingerprint density at radius 2 is 0.605 bits per heavy atom. The zero-order valence-electron chi connectivity index (χ0n) is 26.8. The maximum absolute atomic E-state index is 2.70. The summed E-state index contributed by atoms with van der Waals surface area (Å²) in [4.78, 5) is 5.39. The summed E-state index contributed by atoms with van der Waals surface area (Å²) in [5.74, 6) is 0. The zero-order chi connectivity index (χ0) is 27.4. The zero-order valence-corrected chi connectivity index (χ0v) is 26.8. The Morgan fingerprint density at radius 1 is 0.342 bits per heavy atom. The maximum Gasteiger partial charge on any atom is 0.101 e. The molecule has 0 amide bonds. The van der Waals surface area contributed by atoms with E-state index in [0.717, 1.165) is 0 Å². The highest BCUT2D eigenvalue weighted by Crippen LogP contribution is 2.24. The molecule has 0 aromatic carbocycles. The highest BCUT2D eigenvalue weighted by Gasteiger charge is 2.24. The Labute approximate surface area is 241 Å². The van der Waals surface area contributed by atoms with Gasteiger partial charge in [-0.15, -0.1) is 0 Å². The van der Waals surface area contributed by atoms with Gasteiger partial charge in [-0.3, -0.25) is 0 Å². The lowest BCUT2D eigenvalue weighted by Crippen LogP contribution is -2.39. The van der Waals surface area contributed by atoms with Crippen LogP contribution in [0.5, 0.6) is 0 Å². The van der Waals surface area contributed by atoms with Crippen molar-refractivity contribution >= 4 is 0 Å². The van der Waals surface area contributed by atoms with Gasteiger partial charge in [0.1, 0.15) is 6.17 Å². The van der Waals surface area contributed by atoms with Crippen molar-refractivity contribution in [2.24, 2.45) is 0 Å². The van der Waals surface area contributed by atoms with E-state index in [1.54, 1.807) is 0 Å². The van der Waals surface area contributed by atoms with Gasteiger partial charge in [0.15, 0.2) is 0 Å². The van der Waals surface area contributed by atoms with Crippen molar-refractivity contribution in [1.29, 1.82) is 0 Å². The van der Waals surface area contributed by atoms with Crippen LogP contribution in [-0.4, -0.2) is 29.1 Å². The number of hydrogen-bond donors (Lipinski definition) is 0. The molecule has 0 saturated carbocycles. The summed E-state index contributed by atoms with van der Waals surface area (Å²) in [7, 11) is 0. The molecule has 38 heavy (non-hydrogen) atoms. The fourth-order valence-electron chi connectivity index (χ4n) is 6.19. The smallest absolute Gasteiger partial charge is 0.101 e. The lowest BCUT2D eigenvalue weighted by Gasteiger charge is -2.33. The molecule has 226 valence electrons. The second kappa shape index (κ2) is 27.9. The number of rotatable bonds is 30. The van der Waals surface area contributed by atoms with E-state index < -0.39 is 0 Å². The van der Waals surface area contributed by atoms with Gasteiger partial charge in [-0.25, -0.2) is 0 Å². The molecule has 0 N–H and O–H groups in total. The SMILES string of the molecule is CCCCCCCCCCCCCCCCCC1N(CCCCCCCC)C=CN1CCCCCCCC. The van der Waals surface area contributed by atoms with Gasteiger partial charge in [0, 0.05) is 25.5 Å². The molecule has 0 radical (unpaired) electrons. The van der Waals surface area contributed by atoms with Crippen LogP contribution in [0.25, 0.3) is 0 Å². The third-order valence-electron chi connectivity index (χ3n) is 8.82. The van der Waals surface area contributed by atoms with Crippen LogP contribution in [0.15, 0.2) is 12.4 Å². The molecule has 0 bridgehead atoms. The van der Waals surface area contributed by atoms with Crippen molar-refractivity contribution in [3.8, 4) is 0 Å². The quantitative estimate of drug-likeness (QED) is 0.0848. The van der Waals surface area contributed by atoms with Crippen LogP contribution >= 0.6 is 0 Å². The van der Waals surface area contributed by atoms with Crippen molar-refractivity contribution in [1.82, 2.24) is 9.80 Å². The van der Waals surface area contributed by atoms with Gasteiger partial charge < -0.3 is 9.80 Å². The van der Waals surface area contributed by atoms with E-state index in [1.807, 2.05) is 0 Å². The van der Waals surface area contributed by atoms with Gasteiger partial charge in [0.05, 0.1) is 0 Å². The summed E-state index contributed by atoms with van der Waals surface area (Å²) < 4.78 is 0. The first-order chi connectivity index (χ1) is 18.8. The third-order valence-corrected chi connectivity index (χ3v) is 8.82. The third kappa shape index (κ3) is 20.3. The Bertz CT molecular complexity index is 462. The van der Waals surface area contributed by atoms with Crippen LogP contribution in [0.2, 0.25) is 0 Å². The number of unbranched alkanes of at least 4 members (excludes halogenated alkanes) is 24. The fraction of sp³-hybridized carbons (Fsp3) is 0.944. The van der Waals surface area contributed by atoms with E-state index in [2.05, 4.69) is 43.0 Å². The van der Waals surface area contributed by atoms with Crippen molar-refractivity contribution < 1.29 is 0 Å². The molecule has 1 aliphatic rings. The van der Waals surface area contributed by atoms with Crippen molar-refractivity contribution in [3.63, 3.8) is 0 Å². The second-order valence-corrected chi connectivity index (χ2v) is 12.5. The predicted octanol–water partition coefficient (Wildman–Crippen LogP) is 12.4. The van der Waals surface area contributed by atoms with E-state index in [-0.39, 0.29) is 0 Å². The number of nitrogens with zero attached hydrogens (tertiary/aromatic N) is 2. The standard InChI is InChI=1S/C36H72N2/c1-4-7-10-13-16-17-18-19-20-21-22-23-24-25-28-31-36-37(32-29-26-14-11-8-5-2)34-35-38(36)33-30-27-15-12-9-6-3/h34-36H,4-33H2,1-3H3. The molecule has 0 aliphatic carbocycles. The fourth-order valence-corrected chi connectivity index (χ4v) is 6.19. The van der Waals surface area contributed by atoms with Crippen molar-refractivity contribution in [3.05, 3.63) is 12.4 Å². The van der Waals surface area contributed by atoms with Crippen molar-refractivity contribution in [2.45, 2.75) is 207 Å². The molecule has 2 nitrogen and oxygen atoms in total. The summed E-state index contributed by atoms with van der Waals surface area (Å²) in [6.45, 7) is 9.47. The minimum atomic E-state index is 0.642. The van der Waals surface area contributed by atoms with Gasteiger partial charge in [0.2, 0.25) is 0 Å². The summed E-state index contributed by atoms with van der Waals surface area (Å²) in [6, 6.07) is 0. The summed E-state index contributed by atoms with van der Waals surface area (Å²) in [6.07, 6.45) is 45.5. The Kier molecular flexibility index (Phi) is 26.0. The van der Waals surface area contributed by atoms with Gasteiger partial charge in [-0.05, 0) is 25.7 Å². The molecule has 1 aliphatic heterocycles. The van der Waals surface area contributed by atoms with Gasteiger partial charge >= 0.3 is 0 Å². The molecule has 0 spiro atoms. The number of hydrogen-bond acceptors (Lipinski definition) is 2. The molecular formula is C36H72N2.